The van der Waals surface area contributed by atoms with Crippen LogP contribution >= 0.6 is 27.5 Å². The van der Waals surface area contributed by atoms with Gasteiger partial charge < -0.3 is 15.4 Å². The third kappa shape index (κ3) is 2.64. The van der Waals surface area contributed by atoms with Crippen LogP contribution in [0.3, 0.4) is 0 Å². The summed E-state index contributed by atoms with van der Waals surface area (Å²) in [5.41, 5.74) is 1.63. The van der Waals surface area contributed by atoms with Crippen LogP contribution in [0.25, 0.3) is 0 Å². The first-order chi connectivity index (χ1) is 10.1. The second-order valence-corrected chi connectivity index (χ2v) is 5.87. The number of rotatable bonds is 3. The summed E-state index contributed by atoms with van der Waals surface area (Å²) >= 11 is 9.57. The summed E-state index contributed by atoms with van der Waals surface area (Å²) in [5, 5.41) is 6.34. The van der Waals surface area contributed by atoms with Crippen LogP contribution in [0.1, 0.15) is 11.6 Å². The minimum Gasteiger partial charge on any atom is -0.455 e. The third-order valence-electron chi connectivity index (χ3n) is 3.28. The summed E-state index contributed by atoms with van der Waals surface area (Å²) in [6.07, 6.45) is 0. The molecule has 0 saturated carbocycles. The topological polar surface area (TPSA) is 50.4 Å². The number of hydrogen-bond donors (Lipinski definition) is 2. The SMILES string of the molecule is CNC1C(=O)Nc2cc(Oc3ccccc3Cl)c(Br)cc21. The number of anilines is 1. The van der Waals surface area contributed by atoms with Gasteiger partial charge in [0.2, 0.25) is 5.91 Å². The Labute approximate surface area is 135 Å². The molecule has 1 aliphatic heterocycles. The van der Waals surface area contributed by atoms with Crippen molar-refractivity contribution in [1.29, 1.82) is 0 Å². The van der Waals surface area contributed by atoms with Crippen LogP contribution in [0.2, 0.25) is 5.02 Å². The summed E-state index contributed by atoms with van der Waals surface area (Å²) in [5.74, 6) is 1.09. The molecule has 108 valence electrons. The highest BCUT2D eigenvalue weighted by molar-refractivity contribution is 9.10. The second-order valence-electron chi connectivity index (χ2n) is 4.61. The zero-order chi connectivity index (χ0) is 15.0. The molecular formula is C15H12BrClN2O2. The van der Waals surface area contributed by atoms with Crippen LogP contribution in [0, 0.1) is 0 Å². The minimum absolute atomic E-state index is 0.0747. The van der Waals surface area contributed by atoms with E-state index in [9.17, 15) is 4.79 Å². The van der Waals surface area contributed by atoms with Crippen LogP contribution in [0.5, 0.6) is 11.5 Å². The Kier molecular flexibility index (Phi) is 3.89. The van der Waals surface area contributed by atoms with Gasteiger partial charge in [-0.1, -0.05) is 23.7 Å². The lowest BCUT2D eigenvalue weighted by Crippen LogP contribution is -2.23. The fourth-order valence-electron chi connectivity index (χ4n) is 2.27. The fraction of sp³-hybridized carbons (Fsp3) is 0.133. The Morgan fingerprint density at radius 3 is 2.76 bits per heavy atom. The standard InChI is InChI=1S/C15H12BrClN2O2/c1-18-14-8-6-9(16)13(7-11(8)19-15(14)20)21-12-5-3-2-4-10(12)17/h2-7,14,18H,1H3,(H,19,20). The van der Waals surface area contributed by atoms with Gasteiger partial charge in [0.05, 0.1) is 9.50 Å². The van der Waals surface area contributed by atoms with Crippen molar-refractivity contribution < 1.29 is 9.53 Å². The molecule has 1 unspecified atom stereocenters. The molecule has 0 radical (unpaired) electrons. The van der Waals surface area contributed by atoms with Crippen molar-refractivity contribution in [3.8, 4) is 11.5 Å². The highest BCUT2D eigenvalue weighted by Crippen LogP contribution is 2.41. The van der Waals surface area contributed by atoms with Gasteiger partial charge in [0.15, 0.2) is 0 Å². The van der Waals surface area contributed by atoms with Crippen molar-refractivity contribution in [3.63, 3.8) is 0 Å². The van der Waals surface area contributed by atoms with Crippen LogP contribution in [-0.2, 0) is 4.79 Å². The molecule has 1 atom stereocenters. The largest absolute Gasteiger partial charge is 0.455 e. The van der Waals surface area contributed by atoms with Crippen molar-refractivity contribution in [3.05, 3.63) is 51.5 Å². The number of para-hydroxylation sites is 1. The first-order valence-electron chi connectivity index (χ1n) is 6.34. The van der Waals surface area contributed by atoms with Gasteiger partial charge in [-0.3, -0.25) is 4.79 Å². The molecule has 0 saturated heterocycles. The zero-order valence-corrected chi connectivity index (χ0v) is 13.5. The molecule has 6 heteroatoms. The average Bonchev–Trinajstić information content (AvgIpc) is 2.76. The molecule has 21 heavy (non-hydrogen) atoms. The molecule has 1 heterocycles. The maximum absolute atomic E-state index is 11.8. The maximum Gasteiger partial charge on any atom is 0.246 e. The highest BCUT2D eigenvalue weighted by Gasteiger charge is 2.30. The molecule has 2 N–H and O–H groups in total. The lowest BCUT2D eigenvalue weighted by Gasteiger charge is -2.12. The van der Waals surface area contributed by atoms with E-state index in [2.05, 4.69) is 26.6 Å². The molecule has 3 rings (SSSR count). The average molecular weight is 368 g/mol. The van der Waals surface area contributed by atoms with Crippen LogP contribution < -0.4 is 15.4 Å². The molecule has 1 aliphatic rings. The molecular weight excluding hydrogens is 356 g/mol. The van der Waals surface area contributed by atoms with Crippen molar-refractivity contribution >= 4 is 39.1 Å². The summed E-state index contributed by atoms with van der Waals surface area (Å²) < 4.78 is 6.58. The predicted molar refractivity (Wildman–Crippen MR) is 86.1 cm³/mol. The van der Waals surface area contributed by atoms with Crippen molar-refractivity contribution in [2.24, 2.45) is 0 Å². The summed E-state index contributed by atoms with van der Waals surface area (Å²) in [6.45, 7) is 0. The normalized spacial score (nSPS) is 16.5. The van der Waals surface area contributed by atoms with Crippen LogP contribution in [-0.4, -0.2) is 13.0 Å². The number of carbonyl (C=O) groups excluding carboxylic acids is 1. The number of benzene rings is 2. The van der Waals surface area contributed by atoms with Gasteiger partial charge in [0.1, 0.15) is 17.5 Å². The lowest BCUT2D eigenvalue weighted by molar-refractivity contribution is -0.117. The van der Waals surface area contributed by atoms with Gasteiger partial charge in [-0.05, 0) is 41.2 Å². The van der Waals surface area contributed by atoms with E-state index in [-0.39, 0.29) is 11.9 Å². The monoisotopic (exact) mass is 366 g/mol. The minimum atomic E-state index is -0.342. The van der Waals surface area contributed by atoms with Gasteiger partial charge >= 0.3 is 0 Å². The highest BCUT2D eigenvalue weighted by atomic mass is 79.9. The Balaban J connectivity index is 1.98. The Morgan fingerprint density at radius 2 is 2.05 bits per heavy atom. The number of hydrogen-bond acceptors (Lipinski definition) is 3. The molecule has 4 nitrogen and oxygen atoms in total. The Bertz CT molecular complexity index is 721. The van der Waals surface area contributed by atoms with E-state index in [1.165, 1.54) is 0 Å². The van der Waals surface area contributed by atoms with Gasteiger partial charge in [-0.25, -0.2) is 0 Å². The molecule has 1 amide bonds. The van der Waals surface area contributed by atoms with Gasteiger partial charge in [-0.15, -0.1) is 0 Å². The van der Waals surface area contributed by atoms with Gasteiger partial charge in [0, 0.05) is 17.3 Å². The quantitative estimate of drug-likeness (QED) is 0.858. The van der Waals surface area contributed by atoms with E-state index >= 15 is 0 Å². The summed E-state index contributed by atoms with van der Waals surface area (Å²) in [7, 11) is 1.75. The van der Waals surface area contributed by atoms with Crippen molar-refractivity contribution in [1.82, 2.24) is 5.32 Å². The van der Waals surface area contributed by atoms with Gasteiger partial charge in [-0.2, -0.15) is 0 Å². The number of carbonyl (C=O) groups is 1. The number of nitrogens with one attached hydrogen (secondary N) is 2. The molecule has 0 aliphatic carbocycles. The Hall–Kier alpha value is -1.56. The van der Waals surface area contributed by atoms with E-state index in [1.807, 2.05) is 18.2 Å². The van der Waals surface area contributed by atoms with E-state index in [4.69, 9.17) is 16.3 Å². The number of fused-ring (bicyclic) bond motifs is 1. The first kappa shape index (κ1) is 14.4. The smallest absolute Gasteiger partial charge is 0.246 e. The van der Waals surface area contributed by atoms with Crippen LogP contribution in [0.4, 0.5) is 5.69 Å². The molecule has 0 fully saturated rings. The molecule has 2 aromatic rings. The number of likely N-dealkylation sites (N-methyl/N-ethyl adjacent to an activating group) is 1. The number of amides is 1. The molecule has 2 aromatic carbocycles. The molecule has 0 bridgehead atoms. The van der Waals surface area contributed by atoms with E-state index < -0.39 is 0 Å². The van der Waals surface area contributed by atoms with Crippen molar-refractivity contribution in [2.45, 2.75) is 6.04 Å². The van der Waals surface area contributed by atoms with Gasteiger partial charge in [0.25, 0.3) is 0 Å². The third-order valence-corrected chi connectivity index (χ3v) is 4.21. The second kappa shape index (κ2) is 5.67. The summed E-state index contributed by atoms with van der Waals surface area (Å²) in [6, 6.07) is 10.6. The number of ether oxygens (including phenoxy) is 1. The number of halogens is 2. The van der Waals surface area contributed by atoms with Crippen molar-refractivity contribution in [2.75, 3.05) is 12.4 Å². The fourth-order valence-corrected chi connectivity index (χ4v) is 2.89. The van der Waals surface area contributed by atoms with Crippen LogP contribution in [0.15, 0.2) is 40.9 Å². The van der Waals surface area contributed by atoms with E-state index in [1.54, 1.807) is 25.2 Å². The Morgan fingerprint density at radius 1 is 1.29 bits per heavy atom. The molecule has 0 aromatic heterocycles. The molecule has 0 spiro atoms. The summed E-state index contributed by atoms with van der Waals surface area (Å²) in [4.78, 5) is 11.8. The van der Waals surface area contributed by atoms with E-state index in [0.29, 0.717) is 16.5 Å². The zero-order valence-electron chi connectivity index (χ0n) is 11.1. The van der Waals surface area contributed by atoms with E-state index in [0.717, 1.165) is 15.7 Å². The predicted octanol–water partition coefficient (Wildman–Crippen LogP) is 4.11. The lowest BCUT2D eigenvalue weighted by atomic mass is 10.1. The maximum atomic E-state index is 11.8. The first-order valence-corrected chi connectivity index (χ1v) is 7.51.